The van der Waals surface area contributed by atoms with Gasteiger partial charge in [-0.25, -0.2) is 0 Å². The van der Waals surface area contributed by atoms with Crippen LogP contribution in [-0.4, -0.2) is 21.9 Å². The molecule has 26 heavy (non-hydrogen) atoms. The minimum atomic E-state index is -0.264. The van der Waals surface area contributed by atoms with E-state index >= 15 is 0 Å². The van der Waals surface area contributed by atoms with Crippen molar-refractivity contribution in [2.45, 2.75) is 19.1 Å². The predicted molar refractivity (Wildman–Crippen MR) is 105 cm³/mol. The molecule has 0 aliphatic rings. The zero-order valence-electron chi connectivity index (χ0n) is 14.0. The molecular formula is C18H15Cl2N3O2S. The third-order valence-electron chi connectivity index (χ3n) is 3.55. The van der Waals surface area contributed by atoms with Gasteiger partial charge in [0.1, 0.15) is 0 Å². The van der Waals surface area contributed by atoms with Crippen LogP contribution in [0.3, 0.4) is 0 Å². The highest BCUT2D eigenvalue weighted by atomic mass is 35.5. The molecule has 3 rings (SSSR count). The van der Waals surface area contributed by atoms with Crippen molar-refractivity contribution in [2.24, 2.45) is 0 Å². The summed E-state index contributed by atoms with van der Waals surface area (Å²) in [4.78, 5) is 12.2. The minimum Gasteiger partial charge on any atom is -0.411 e. The van der Waals surface area contributed by atoms with E-state index in [1.807, 2.05) is 38.1 Å². The first-order valence-electron chi connectivity index (χ1n) is 7.72. The van der Waals surface area contributed by atoms with Crippen LogP contribution in [-0.2, 0) is 4.79 Å². The fraction of sp³-hybridized carbons (Fsp3) is 0.167. The number of nitrogens with zero attached hydrogens (tertiary/aromatic N) is 2. The van der Waals surface area contributed by atoms with E-state index in [1.165, 1.54) is 0 Å². The Labute approximate surface area is 165 Å². The number of nitrogens with one attached hydrogen (secondary N) is 1. The number of aromatic nitrogens is 2. The van der Waals surface area contributed by atoms with E-state index < -0.39 is 0 Å². The lowest BCUT2D eigenvalue weighted by Crippen LogP contribution is -2.15. The molecule has 0 aliphatic carbocycles. The Morgan fingerprint density at radius 3 is 2.77 bits per heavy atom. The molecule has 0 aliphatic heterocycles. The Morgan fingerprint density at radius 1 is 1.19 bits per heavy atom. The number of halogens is 2. The van der Waals surface area contributed by atoms with Gasteiger partial charge in [0, 0.05) is 5.56 Å². The number of hydrogen-bond acceptors (Lipinski definition) is 5. The van der Waals surface area contributed by atoms with Crippen LogP contribution in [0.4, 0.5) is 5.69 Å². The maximum absolute atomic E-state index is 12.2. The van der Waals surface area contributed by atoms with Gasteiger partial charge in [0.2, 0.25) is 11.8 Å². The maximum atomic E-state index is 12.2. The molecule has 1 N–H and O–H groups in total. The average Bonchev–Trinajstić information content (AvgIpc) is 3.09. The van der Waals surface area contributed by atoms with Crippen molar-refractivity contribution in [3.05, 3.63) is 57.6 Å². The summed E-state index contributed by atoms with van der Waals surface area (Å²) in [7, 11) is 0. The number of benzene rings is 2. The van der Waals surface area contributed by atoms with Crippen LogP contribution in [0.15, 0.2) is 46.0 Å². The van der Waals surface area contributed by atoms with Gasteiger partial charge in [-0.2, -0.15) is 0 Å². The van der Waals surface area contributed by atoms with Gasteiger partial charge < -0.3 is 9.73 Å². The molecule has 1 amide bonds. The summed E-state index contributed by atoms with van der Waals surface area (Å²) >= 11 is 13.4. The topological polar surface area (TPSA) is 68.0 Å². The number of aryl methyl sites for hydroxylation is 2. The van der Waals surface area contributed by atoms with E-state index in [-0.39, 0.29) is 11.7 Å². The summed E-state index contributed by atoms with van der Waals surface area (Å²) in [5.74, 6) is 0.247. The first-order chi connectivity index (χ1) is 12.4. The Hall–Kier alpha value is -2.02. The number of carbonyl (C=O) groups is 1. The average molecular weight is 408 g/mol. The van der Waals surface area contributed by atoms with Crippen molar-refractivity contribution in [1.29, 1.82) is 0 Å². The van der Waals surface area contributed by atoms with Gasteiger partial charge in [0.05, 0.1) is 21.5 Å². The fourth-order valence-electron chi connectivity index (χ4n) is 2.24. The van der Waals surface area contributed by atoms with Crippen LogP contribution in [0.5, 0.6) is 0 Å². The number of hydrogen-bond donors (Lipinski definition) is 1. The molecule has 0 unspecified atom stereocenters. The second kappa shape index (κ2) is 8.12. The summed E-state index contributed by atoms with van der Waals surface area (Å²) in [6.45, 7) is 3.83. The normalized spacial score (nSPS) is 10.8. The van der Waals surface area contributed by atoms with Gasteiger partial charge in [0.25, 0.3) is 5.22 Å². The molecule has 1 aromatic heterocycles. The standard InChI is InChI=1S/C18H15Cl2N3O2S/c1-10-4-3-5-12(8-10)17-22-23-18(25-17)26-9-14(24)21-16-13(19)7-6-11(2)15(16)20/h3-8H,9H2,1-2H3,(H,21,24). The number of anilines is 1. The third kappa shape index (κ3) is 4.38. The largest absolute Gasteiger partial charge is 0.411 e. The Morgan fingerprint density at radius 2 is 2.00 bits per heavy atom. The summed E-state index contributed by atoms with van der Waals surface area (Å²) in [6, 6.07) is 11.2. The van der Waals surface area contributed by atoms with E-state index in [0.717, 1.165) is 28.5 Å². The van der Waals surface area contributed by atoms with Gasteiger partial charge in [-0.3, -0.25) is 4.79 Å². The number of amides is 1. The Balaban J connectivity index is 1.63. The van der Waals surface area contributed by atoms with Crippen molar-refractivity contribution >= 4 is 46.6 Å². The van der Waals surface area contributed by atoms with E-state index in [2.05, 4.69) is 15.5 Å². The molecule has 8 heteroatoms. The molecule has 0 saturated carbocycles. The maximum Gasteiger partial charge on any atom is 0.277 e. The summed E-state index contributed by atoms with van der Waals surface area (Å²) in [5, 5.41) is 11.8. The molecule has 0 spiro atoms. The lowest BCUT2D eigenvalue weighted by Gasteiger charge is -2.10. The van der Waals surface area contributed by atoms with Crippen molar-refractivity contribution in [3.8, 4) is 11.5 Å². The molecule has 0 radical (unpaired) electrons. The van der Waals surface area contributed by atoms with Gasteiger partial charge in [-0.05, 0) is 37.6 Å². The Bertz CT molecular complexity index is 959. The summed E-state index contributed by atoms with van der Waals surface area (Å²) in [6.07, 6.45) is 0. The number of carbonyl (C=O) groups excluding carboxylic acids is 1. The minimum absolute atomic E-state index is 0.0933. The zero-order chi connectivity index (χ0) is 18.7. The van der Waals surface area contributed by atoms with Crippen LogP contribution in [0, 0.1) is 13.8 Å². The molecule has 2 aromatic carbocycles. The summed E-state index contributed by atoms with van der Waals surface area (Å²) < 4.78 is 5.60. The van der Waals surface area contributed by atoms with Crippen molar-refractivity contribution in [1.82, 2.24) is 10.2 Å². The molecule has 5 nitrogen and oxygen atoms in total. The number of thioether (sulfide) groups is 1. The quantitative estimate of drug-likeness (QED) is 0.574. The van der Waals surface area contributed by atoms with Crippen LogP contribution >= 0.6 is 35.0 Å². The smallest absolute Gasteiger partial charge is 0.277 e. The molecule has 1 heterocycles. The van der Waals surface area contributed by atoms with Gasteiger partial charge in [-0.15, -0.1) is 10.2 Å². The van der Waals surface area contributed by atoms with Crippen LogP contribution < -0.4 is 5.32 Å². The van der Waals surface area contributed by atoms with Crippen LogP contribution in [0.2, 0.25) is 10.0 Å². The lowest BCUT2D eigenvalue weighted by atomic mass is 10.1. The first-order valence-corrected chi connectivity index (χ1v) is 9.46. The van der Waals surface area contributed by atoms with Crippen molar-refractivity contribution < 1.29 is 9.21 Å². The SMILES string of the molecule is Cc1cccc(-c2nnc(SCC(=O)Nc3c(Cl)ccc(C)c3Cl)o2)c1. The van der Waals surface area contributed by atoms with Gasteiger partial charge >= 0.3 is 0 Å². The number of rotatable bonds is 5. The second-order valence-electron chi connectivity index (χ2n) is 5.63. The van der Waals surface area contributed by atoms with Gasteiger partial charge in [-0.1, -0.05) is 58.7 Å². The molecule has 3 aromatic rings. The first kappa shape index (κ1) is 18.8. The van der Waals surface area contributed by atoms with Crippen LogP contribution in [0.1, 0.15) is 11.1 Å². The van der Waals surface area contributed by atoms with E-state index in [0.29, 0.717) is 26.8 Å². The Kier molecular flexibility index (Phi) is 5.86. The van der Waals surface area contributed by atoms with E-state index in [4.69, 9.17) is 27.6 Å². The summed E-state index contributed by atoms with van der Waals surface area (Å²) in [5.41, 5.74) is 3.18. The highest BCUT2D eigenvalue weighted by molar-refractivity contribution is 7.99. The molecule has 0 atom stereocenters. The van der Waals surface area contributed by atoms with Crippen molar-refractivity contribution in [2.75, 3.05) is 11.1 Å². The predicted octanol–water partition coefficient (Wildman–Crippen LogP) is 5.39. The van der Waals surface area contributed by atoms with E-state index in [1.54, 1.807) is 12.1 Å². The highest BCUT2D eigenvalue weighted by Gasteiger charge is 2.14. The molecular weight excluding hydrogens is 393 g/mol. The van der Waals surface area contributed by atoms with Crippen molar-refractivity contribution in [3.63, 3.8) is 0 Å². The molecule has 0 saturated heterocycles. The molecule has 134 valence electrons. The highest BCUT2D eigenvalue weighted by Crippen LogP contribution is 2.33. The zero-order valence-corrected chi connectivity index (χ0v) is 16.4. The van der Waals surface area contributed by atoms with Crippen LogP contribution in [0.25, 0.3) is 11.5 Å². The monoisotopic (exact) mass is 407 g/mol. The lowest BCUT2D eigenvalue weighted by molar-refractivity contribution is -0.113. The molecule has 0 bridgehead atoms. The van der Waals surface area contributed by atoms with Gasteiger partial charge in [0.15, 0.2) is 0 Å². The van der Waals surface area contributed by atoms with E-state index in [9.17, 15) is 4.79 Å². The molecule has 0 fully saturated rings. The fourth-order valence-corrected chi connectivity index (χ4v) is 3.27. The third-order valence-corrected chi connectivity index (χ3v) is 5.17. The second-order valence-corrected chi connectivity index (χ2v) is 7.34.